The number of amides is 1. The van der Waals surface area contributed by atoms with Crippen LogP contribution in [0, 0.1) is 0 Å². The van der Waals surface area contributed by atoms with E-state index in [0.717, 1.165) is 11.1 Å². The van der Waals surface area contributed by atoms with E-state index < -0.39 is 22.0 Å². The topological polar surface area (TPSA) is 128 Å². The number of hydrogen-bond donors (Lipinski definition) is 2. The van der Waals surface area contributed by atoms with Gasteiger partial charge >= 0.3 is 0 Å². The number of aromatic amines is 1. The molecule has 3 heterocycles. The van der Waals surface area contributed by atoms with Crippen molar-refractivity contribution in [1.29, 1.82) is 0 Å². The number of ether oxygens (including phenoxy) is 2. The number of nitrogens with one attached hydrogen (secondary N) is 1. The quantitative estimate of drug-likeness (QED) is 0.327. The first-order valence-electron chi connectivity index (χ1n) is 11.3. The SMILES string of the molecule is NC(=O)c1[nH]c2ccc(Cl)cc2c1S(=O)(=O)N1CCOC(COc2ccc(-c3ccnc(Cl)c3)cc2)C1. The molecule has 12 heteroatoms. The molecular formula is C25H22Cl2N4O5S. The van der Waals surface area contributed by atoms with Crippen molar-refractivity contribution in [3.05, 3.63) is 76.7 Å². The van der Waals surface area contributed by atoms with Crippen molar-refractivity contribution >= 4 is 50.0 Å². The number of halogens is 2. The average molecular weight is 561 g/mol. The summed E-state index contributed by atoms with van der Waals surface area (Å²) < 4.78 is 40.2. The highest BCUT2D eigenvalue weighted by atomic mass is 35.5. The molecule has 1 unspecified atom stereocenters. The smallest absolute Gasteiger partial charge is 0.266 e. The van der Waals surface area contributed by atoms with Crippen LogP contribution in [0.1, 0.15) is 10.5 Å². The first-order valence-corrected chi connectivity index (χ1v) is 13.5. The Morgan fingerprint density at radius 1 is 1.14 bits per heavy atom. The lowest BCUT2D eigenvalue weighted by Gasteiger charge is -2.32. The Balaban J connectivity index is 1.31. The lowest BCUT2D eigenvalue weighted by Crippen LogP contribution is -2.47. The fourth-order valence-electron chi connectivity index (χ4n) is 4.24. The Kier molecular flexibility index (Phi) is 7.11. The first-order chi connectivity index (χ1) is 17.7. The van der Waals surface area contributed by atoms with Gasteiger partial charge in [0.05, 0.1) is 6.61 Å². The summed E-state index contributed by atoms with van der Waals surface area (Å²) in [6.45, 7) is 0.466. The van der Waals surface area contributed by atoms with Crippen molar-refractivity contribution in [2.24, 2.45) is 5.73 Å². The Hall–Kier alpha value is -3.15. The van der Waals surface area contributed by atoms with Crippen molar-refractivity contribution in [2.75, 3.05) is 26.3 Å². The molecule has 0 aliphatic carbocycles. The number of aromatic nitrogens is 2. The number of H-pyrrole nitrogens is 1. The molecule has 0 bridgehead atoms. The van der Waals surface area contributed by atoms with Crippen molar-refractivity contribution in [3.8, 4) is 16.9 Å². The molecule has 2 aromatic heterocycles. The lowest BCUT2D eigenvalue weighted by atomic mass is 10.1. The summed E-state index contributed by atoms with van der Waals surface area (Å²) in [7, 11) is -4.10. The van der Waals surface area contributed by atoms with Crippen LogP contribution in [0.5, 0.6) is 5.75 Å². The van der Waals surface area contributed by atoms with Gasteiger partial charge in [0.15, 0.2) is 0 Å². The van der Waals surface area contributed by atoms with Gasteiger partial charge < -0.3 is 20.2 Å². The molecule has 1 atom stereocenters. The molecule has 0 saturated carbocycles. The molecule has 9 nitrogen and oxygen atoms in total. The second-order valence-corrected chi connectivity index (χ2v) is 11.1. The van der Waals surface area contributed by atoms with Gasteiger partial charge in [-0.05, 0) is 53.6 Å². The Morgan fingerprint density at radius 3 is 2.65 bits per heavy atom. The van der Waals surface area contributed by atoms with Gasteiger partial charge in [0.2, 0.25) is 10.0 Å². The van der Waals surface area contributed by atoms with Gasteiger partial charge in [0, 0.05) is 35.2 Å². The van der Waals surface area contributed by atoms with E-state index in [0.29, 0.717) is 26.8 Å². The number of rotatable bonds is 7. The number of sulfonamides is 1. The zero-order chi connectivity index (χ0) is 26.2. The molecule has 192 valence electrons. The fraction of sp³-hybridized carbons (Fsp3) is 0.200. The maximum Gasteiger partial charge on any atom is 0.266 e. The zero-order valence-electron chi connectivity index (χ0n) is 19.4. The minimum atomic E-state index is -4.10. The molecule has 2 aromatic carbocycles. The number of carbonyl (C=O) groups is 1. The Bertz CT molecular complexity index is 1570. The van der Waals surface area contributed by atoms with Crippen LogP contribution >= 0.6 is 23.2 Å². The summed E-state index contributed by atoms with van der Waals surface area (Å²) in [4.78, 5) is 18.7. The van der Waals surface area contributed by atoms with E-state index >= 15 is 0 Å². The molecule has 1 fully saturated rings. The van der Waals surface area contributed by atoms with Gasteiger partial charge in [-0.15, -0.1) is 0 Å². The van der Waals surface area contributed by atoms with Crippen molar-refractivity contribution in [1.82, 2.24) is 14.3 Å². The van der Waals surface area contributed by atoms with E-state index in [4.69, 9.17) is 38.4 Å². The van der Waals surface area contributed by atoms with Gasteiger partial charge in [-0.2, -0.15) is 4.31 Å². The molecule has 37 heavy (non-hydrogen) atoms. The third-order valence-corrected chi connectivity index (χ3v) is 8.40. The van der Waals surface area contributed by atoms with Crippen molar-refractivity contribution < 1.29 is 22.7 Å². The number of hydrogen-bond acceptors (Lipinski definition) is 6. The maximum atomic E-state index is 13.7. The fourth-order valence-corrected chi connectivity index (χ4v) is 6.37. The molecule has 1 aliphatic heterocycles. The van der Waals surface area contributed by atoms with Crippen LogP contribution in [0.4, 0.5) is 0 Å². The van der Waals surface area contributed by atoms with E-state index in [1.54, 1.807) is 24.4 Å². The first kappa shape index (κ1) is 25.5. The summed E-state index contributed by atoms with van der Waals surface area (Å²) in [5.74, 6) is -0.272. The van der Waals surface area contributed by atoms with Gasteiger partial charge in [-0.1, -0.05) is 35.3 Å². The zero-order valence-corrected chi connectivity index (χ0v) is 21.7. The largest absolute Gasteiger partial charge is 0.491 e. The number of nitrogens with two attached hydrogens (primary N) is 1. The van der Waals surface area contributed by atoms with Gasteiger partial charge in [0.25, 0.3) is 5.91 Å². The maximum absolute atomic E-state index is 13.7. The molecule has 1 aliphatic rings. The van der Waals surface area contributed by atoms with Crippen LogP contribution in [0.15, 0.2) is 65.7 Å². The highest BCUT2D eigenvalue weighted by molar-refractivity contribution is 7.89. The van der Waals surface area contributed by atoms with E-state index in [-0.39, 0.29) is 36.9 Å². The molecule has 5 rings (SSSR count). The second-order valence-electron chi connectivity index (χ2n) is 8.44. The molecule has 1 amide bonds. The standard InChI is InChI=1S/C25H22Cl2N4O5S/c26-17-3-6-21-20(12-17)24(23(30-21)25(28)32)37(33,34)31-9-10-35-19(13-31)14-36-18-4-1-15(2-5-18)16-7-8-29-22(27)11-16/h1-8,11-12,19,30H,9-10,13-14H2,(H2,28,32). The van der Waals surface area contributed by atoms with Crippen LogP contribution in [-0.2, 0) is 14.8 Å². The molecule has 1 saturated heterocycles. The third kappa shape index (κ3) is 5.29. The predicted molar refractivity (Wildman–Crippen MR) is 141 cm³/mol. The summed E-state index contributed by atoms with van der Waals surface area (Å²) in [6.07, 6.45) is 1.12. The minimum absolute atomic E-state index is 0.0430. The highest BCUT2D eigenvalue weighted by Crippen LogP contribution is 2.32. The number of primary amides is 1. The summed E-state index contributed by atoms with van der Waals surface area (Å²) in [5, 5.41) is 1.05. The lowest BCUT2D eigenvalue weighted by molar-refractivity contribution is -0.0249. The van der Waals surface area contributed by atoms with Crippen LogP contribution in [0.25, 0.3) is 22.0 Å². The molecule has 3 N–H and O–H groups in total. The van der Waals surface area contributed by atoms with Crippen LogP contribution < -0.4 is 10.5 Å². The molecular weight excluding hydrogens is 539 g/mol. The van der Waals surface area contributed by atoms with Gasteiger partial charge in [-0.3, -0.25) is 4.79 Å². The minimum Gasteiger partial charge on any atom is -0.491 e. The summed E-state index contributed by atoms with van der Waals surface area (Å²) in [5.41, 5.74) is 7.63. The molecule has 0 spiro atoms. The predicted octanol–water partition coefficient (Wildman–Crippen LogP) is 4.10. The van der Waals surface area contributed by atoms with E-state index in [1.165, 1.54) is 10.4 Å². The number of pyridine rings is 1. The van der Waals surface area contributed by atoms with Crippen LogP contribution in [0.3, 0.4) is 0 Å². The molecule has 0 radical (unpaired) electrons. The van der Waals surface area contributed by atoms with E-state index in [9.17, 15) is 13.2 Å². The van der Waals surface area contributed by atoms with Crippen LogP contribution in [0.2, 0.25) is 10.2 Å². The number of nitrogens with zero attached hydrogens (tertiary/aromatic N) is 2. The number of morpholine rings is 1. The van der Waals surface area contributed by atoms with Crippen molar-refractivity contribution in [3.63, 3.8) is 0 Å². The summed E-state index contributed by atoms with van der Waals surface area (Å²) in [6, 6.07) is 15.8. The Labute approximate surface area is 223 Å². The monoisotopic (exact) mass is 560 g/mol. The van der Waals surface area contributed by atoms with E-state index in [1.807, 2.05) is 30.3 Å². The van der Waals surface area contributed by atoms with Gasteiger partial charge in [0.1, 0.15) is 34.2 Å². The van der Waals surface area contributed by atoms with Crippen molar-refractivity contribution in [2.45, 2.75) is 11.0 Å². The van der Waals surface area contributed by atoms with Crippen LogP contribution in [-0.4, -0.2) is 61.0 Å². The number of carbonyl (C=O) groups excluding carboxylic acids is 1. The molecule has 4 aromatic rings. The number of benzene rings is 2. The normalized spacial score (nSPS) is 16.6. The number of fused-ring (bicyclic) bond motifs is 1. The van der Waals surface area contributed by atoms with Gasteiger partial charge in [-0.25, -0.2) is 13.4 Å². The van der Waals surface area contributed by atoms with E-state index in [2.05, 4.69) is 9.97 Å². The highest BCUT2D eigenvalue weighted by Gasteiger charge is 2.36. The Morgan fingerprint density at radius 2 is 1.92 bits per heavy atom. The second kappa shape index (κ2) is 10.3. The third-order valence-electron chi connectivity index (χ3n) is 6.01. The average Bonchev–Trinajstić information content (AvgIpc) is 3.28. The summed E-state index contributed by atoms with van der Waals surface area (Å²) >= 11 is 12.1.